The third-order valence-corrected chi connectivity index (χ3v) is 4.74. The van der Waals surface area contributed by atoms with Gasteiger partial charge in [0.2, 0.25) is 6.79 Å². The summed E-state index contributed by atoms with van der Waals surface area (Å²) in [5.41, 5.74) is 3.23. The average molecular weight is 347 g/mol. The molecular weight excluding hydrogens is 326 g/mol. The Balaban J connectivity index is 1.82. The van der Waals surface area contributed by atoms with E-state index < -0.39 is 0 Å². The van der Waals surface area contributed by atoms with Crippen molar-refractivity contribution >= 4 is 16.6 Å². The van der Waals surface area contributed by atoms with E-state index in [0.29, 0.717) is 6.42 Å². The summed E-state index contributed by atoms with van der Waals surface area (Å²) in [7, 11) is 0. The minimum Gasteiger partial charge on any atom is -0.454 e. The summed E-state index contributed by atoms with van der Waals surface area (Å²) in [5, 5.41) is 2.13. The Morgan fingerprint density at radius 2 is 1.92 bits per heavy atom. The molecule has 4 nitrogen and oxygen atoms in total. The smallest absolute Gasteiger partial charge is 0.231 e. The van der Waals surface area contributed by atoms with Gasteiger partial charge in [0.1, 0.15) is 5.78 Å². The number of nitrogens with zero attached hydrogens (tertiary/aromatic N) is 1. The molecule has 0 N–H and O–H groups in total. The lowest BCUT2D eigenvalue weighted by Gasteiger charge is -2.14. The summed E-state index contributed by atoms with van der Waals surface area (Å²) in [4.78, 5) is 16.0. The van der Waals surface area contributed by atoms with Crippen LogP contribution in [0.4, 0.5) is 0 Å². The summed E-state index contributed by atoms with van der Waals surface area (Å²) >= 11 is 0. The highest BCUT2D eigenvalue weighted by molar-refractivity contribution is 5.96. The maximum atomic E-state index is 11.3. The first-order valence-corrected chi connectivity index (χ1v) is 8.99. The second-order valence-electron chi connectivity index (χ2n) is 6.62. The molecule has 4 rings (SSSR count). The number of aryl methyl sites for hydroxylation is 1. The molecule has 0 aliphatic carbocycles. The molecule has 1 aromatic heterocycles. The summed E-state index contributed by atoms with van der Waals surface area (Å²) < 4.78 is 11.4. The lowest BCUT2D eigenvalue weighted by Crippen LogP contribution is -1.99. The first-order chi connectivity index (χ1) is 12.7. The van der Waals surface area contributed by atoms with E-state index in [1.165, 1.54) is 5.56 Å². The third-order valence-electron chi connectivity index (χ3n) is 4.74. The molecule has 0 radical (unpaired) electrons. The Morgan fingerprint density at radius 1 is 1.08 bits per heavy atom. The summed E-state index contributed by atoms with van der Waals surface area (Å²) in [6.07, 6.45) is 5.19. The molecule has 0 unspecified atom stereocenters. The van der Waals surface area contributed by atoms with Crippen LogP contribution >= 0.6 is 0 Å². The molecule has 4 heteroatoms. The number of Topliss-reactive ketones (excluding diaryl/α,β-unsaturated/α-hetero) is 1. The maximum Gasteiger partial charge on any atom is 0.231 e. The number of benzene rings is 2. The number of carbonyl (C=O) groups excluding carboxylic acids is 1. The van der Waals surface area contributed by atoms with Crippen molar-refractivity contribution in [3.8, 4) is 22.8 Å². The number of ketones is 1. The van der Waals surface area contributed by atoms with Gasteiger partial charge >= 0.3 is 0 Å². The van der Waals surface area contributed by atoms with E-state index in [1.54, 1.807) is 6.92 Å². The van der Waals surface area contributed by atoms with Crippen LogP contribution in [0.1, 0.15) is 31.7 Å². The Morgan fingerprint density at radius 3 is 2.73 bits per heavy atom. The second kappa shape index (κ2) is 7.16. The molecule has 0 amide bonds. The zero-order valence-corrected chi connectivity index (χ0v) is 14.8. The van der Waals surface area contributed by atoms with Crippen LogP contribution < -0.4 is 9.47 Å². The van der Waals surface area contributed by atoms with Crippen LogP contribution in [0.25, 0.3) is 22.0 Å². The quantitative estimate of drug-likeness (QED) is 0.593. The Kier molecular flexibility index (Phi) is 4.57. The Labute approximate surface area is 152 Å². The molecule has 1 aliphatic heterocycles. The number of unbranched alkanes of at least 4 members (excludes halogenated alkanes) is 1. The van der Waals surface area contributed by atoms with E-state index >= 15 is 0 Å². The lowest BCUT2D eigenvalue weighted by atomic mass is 9.94. The summed E-state index contributed by atoms with van der Waals surface area (Å²) in [5.74, 6) is 1.83. The SMILES string of the molecule is CC(=O)CCCCc1c(-c2ccccc2)ncc2ccc3c(c12)OCO3. The van der Waals surface area contributed by atoms with Crippen LogP contribution in [0.2, 0.25) is 0 Å². The van der Waals surface area contributed by atoms with Gasteiger partial charge in [0.25, 0.3) is 0 Å². The van der Waals surface area contributed by atoms with E-state index in [2.05, 4.69) is 12.1 Å². The van der Waals surface area contributed by atoms with Crippen LogP contribution in [-0.2, 0) is 11.2 Å². The number of pyridine rings is 1. The fraction of sp³-hybridized carbons (Fsp3) is 0.273. The molecule has 0 bridgehead atoms. The standard InChI is InChI=1S/C22H21NO3/c1-15(24)7-5-6-10-18-20-17(11-12-19-22(20)26-14-25-19)13-23-21(18)16-8-3-2-4-9-16/h2-4,8-9,11-13H,5-7,10,14H2,1H3. The predicted octanol–water partition coefficient (Wildman–Crippen LogP) is 4.93. The van der Waals surface area contributed by atoms with Gasteiger partial charge in [0.05, 0.1) is 5.69 Å². The Bertz CT molecular complexity index is 951. The maximum absolute atomic E-state index is 11.3. The van der Waals surface area contributed by atoms with Crippen LogP contribution in [-0.4, -0.2) is 17.6 Å². The highest BCUT2D eigenvalue weighted by Crippen LogP contribution is 2.43. The lowest BCUT2D eigenvalue weighted by molar-refractivity contribution is -0.117. The first-order valence-electron chi connectivity index (χ1n) is 8.99. The molecule has 132 valence electrons. The molecule has 0 saturated heterocycles. The molecule has 2 aromatic carbocycles. The number of rotatable bonds is 6. The van der Waals surface area contributed by atoms with Crippen LogP contribution in [0.15, 0.2) is 48.7 Å². The average Bonchev–Trinajstić information content (AvgIpc) is 3.14. The summed E-state index contributed by atoms with van der Waals surface area (Å²) in [6.45, 7) is 1.90. The van der Waals surface area contributed by atoms with Crippen molar-refractivity contribution in [2.75, 3.05) is 6.79 Å². The molecular formula is C22H21NO3. The van der Waals surface area contributed by atoms with E-state index in [0.717, 1.165) is 52.8 Å². The molecule has 0 atom stereocenters. The molecule has 2 heterocycles. The number of aromatic nitrogens is 1. The van der Waals surface area contributed by atoms with E-state index in [1.807, 2.05) is 36.5 Å². The molecule has 0 saturated carbocycles. The first kappa shape index (κ1) is 16.6. The minimum absolute atomic E-state index is 0.238. The monoisotopic (exact) mass is 347 g/mol. The Hall–Kier alpha value is -2.88. The number of carbonyl (C=O) groups is 1. The van der Waals surface area contributed by atoms with Crippen LogP contribution in [0.3, 0.4) is 0 Å². The number of hydrogen-bond donors (Lipinski definition) is 0. The van der Waals surface area contributed by atoms with Gasteiger partial charge in [-0.05, 0) is 43.9 Å². The van der Waals surface area contributed by atoms with Gasteiger partial charge < -0.3 is 14.3 Å². The van der Waals surface area contributed by atoms with Gasteiger partial charge in [-0.15, -0.1) is 0 Å². The highest BCUT2D eigenvalue weighted by Gasteiger charge is 2.21. The van der Waals surface area contributed by atoms with Crippen molar-refractivity contribution < 1.29 is 14.3 Å². The van der Waals surface area contributed by atoms with Crippen molar-refractivity contribution in [1.82, 2.24) is 4.98 Å². The van der Waals surface area contributed by atoms with Crippen molar-refractivity contribution in [3.05, 3.63) is 54.2 Å². The fourth-order valence-corrected chi connectivity index (χ4v) is 3.50. The molecule has 1 aliphatic rings. The van der Waals surface area contributed by atoms with Gasteiger partial charge in [-0.3, -0.25) is 4.98 Å². The number of hydrogen-bond acceptors (Lipinski definition) is 4. The van der Waals surface area contributed by atoms with Crippen LogP contribution in [0.5, 0.6) is 11.5 Å². The zero-order valence-electron chi connectivity index (χ0n) is 14.8. The molecule has 3 aromatic rings. The van der Waals surface area contributed by atoms with Gasteiger partial charge in [0, 0.05) is 29.0 Å². The van der Waals surface area contributed by atoms with Gasteiger partial charge in [-0.25, -0.2) is 0 Å². The minimum atomic E-state index is 0.238. The molecule has 0 spiro atoms. The highest BCUT2D eigenvalue weighted by atomic mass is 16.7. The van der Waals surface area contributed by atoms with Crippen molar-refractivity contribution in [1.29, 1.82) is 0 Å². The fourth-order valence-electron chi connectivity index (χ4n) is 3.50. The molecule has 26 heavy (non-hydrogen) atoms. The number of fused-ring (bicyclic) bond motifs is 3. The third kappa shape index (κ3) is 3.15. The van der Waals surface area contributed by atoms with E-state index in [9.17, 15) is 4.79 Å². The van der Waals surface area contributed by atoms with Crippen LogP contribution in [0, 0.1) is 0 Å². The zero-order chi connectivity index (χ0) is 17.9. The largest absolute Gasteiger partial charge is 0.454 e. The van der Waals surface area contributed by atoms with Gasteiger partial charge in [0.15, 0.2) is 11.5 Å². The summed E-state index contributed by atoms with van der Waals surface area (Å²) in [6, 6.07) is 14.2. The predicted molar refractivity (Wildman–Crippen MR) is 102 cm³/mol. The van der Waals surface area contributed by atoms with Crippen molar-refractivity contribution in [3.63, 3.8) is 0 Å². The van der Waals surface area contributed by atoms with E-state index in [-0.39, 0.29) is 12.6 Å². The van der Waals surface area contributed by atoms with E-state index in [4.69, 9.17) is 14.5 Å². The van der Waals surface area contributed by atoms with Crippen molar-refractivity contribution in [2.24, 2.45) is 0 Å². The molecule has 0 fully saturated rings. The van der Waals surface area contributed by atoms with Gasteiger partial charge in [-0.2, -0.15) is 0 Å². The normalized spacial score (nSPS) is 12.5. The number of ether oxygens (including phenoxy) is 2. The van der Waals surface area contributed by atoms with Gasteiger partial charge in [-0.1, -0.05) is 30.3 Å². The van der Waals surface area contributed by atoms with Crippen molar-refractivity contribution in [2.45, 2.75) is 32.6 Å². The second-order valence-corrected chi connectivity index (χ2v) is 6.62. The topological polar surface area (TPSA) is 48.4 Å².